The highest BCUT2D eigenvalue weighted by molar-refractivity contribution is 9.11. The van der Waals surface area contributed by atoms with Crippen molar-refractivity contribution in [2.75, 3.05) is 5.32 Å². The molecule has 2 heterocycles. The Morgan fingerprint density at radius 2 is 2.25 bits per heavy atom. The van der Waals surface area contributed by atoms with Gasteiger partial charge in [-0.3, -0.25) is 0 Å². The van der Waals surface area contributed by atoms with Crippen LogP contribution in [-0.4, -0.2) is 10.2 Å². The Bertz CT molecular complexity index is 466. The number of thiophene rings is 1. The van der Waals surface area contributed by atoms with Crippen LogP contribution < -0.4 is 5.32 Å². The van der Waals surface area contributed by atoms with Crippen LogP contribution in [0.15, 0.2) is 20.3 Å². The fourth-order valence-electron chi connectivity index (χ4n) is 1.15. The number of nitrogens with zero attached hydrogens (tertiary/aromatic N) is 2. The van der Waals surface area contributed by atoms with E-state index in [2.05, 4.69) is 37.5 Å². The molecule has 0 saturated heterocycles. The van der Waals surface area contributed by atoms with Crippen molar-refractivity contribution >= 4 is 33.3 Å². The minimum atomic E-state index is 0.263. The van der Waals surface area contributed by atoms with Crippen molar-refractivity contribution in [3.8, 4) is 0 Å². The Labute approximate surface area is 106 Å². The third-order valence-electron chi connectivity index (χ3n) is 1.98. The zero-order valence-electron chi connectivity index (χ0n) is 9.03. The van der Waals surface area contributed by atoms with E-state index in [1.165, 1.54) is 4.88 Å². The van der Waals surface area contributed by atoms with Gasteiger partial charge >= 0.3 is 6.01 Å². The molecule has 0 amide bonds. The second-order valence-corrected chi connectivity index (χ2v) is 6.21. The van der Waals surface area contributed by atoms with Gasteiger partial charge in [-0.1, -0.05) is 18.9 Å². The normalized spacial score (nSPS) is 11.0. The largest absolute Gasteiger partial charge is 0.408 e. The standard InChI is InChI=1S/C10H12BrN3OS/c1-6(2)9-13-14-10(15-9)12-5-7-3-4-8(11)16-7/h3-4,6H,5H2,1-2H3,(H,12,14). The van der Waals surface area contributed by atoms with E-state index < -0.39 is 0 Å². The lowest BCUT2D eigenvalue weighted by Crippen LogP contribution is -1.97. The molecule has 0 aliphatic rings. The molecule has 1 N–H and O–H groups in total. The van der Waals surface area contributed by atoms with Crippen molar-refractivity contribution in [3.63, 3.8) is 0 Å². The van der Waals surface area contributed by atoms with Crippen molar-refractivity contribution in [1.82, 2.24) is 10.2 Å². The number of hydrogen-bond acceptors (Lipinski definition) is 5. The molecule has 0 saturated carbocycles. The van der Waals surface area contributed by atoms with Crippen LogP contribution in [0.5, 0.6) is 0 Å². The van der Waals surface area contributed by atoms with Crippen molar-refractivity contribution in [2.45, 2.75) is 26.3 Å². The highest BCUT2D eigenvalue weighted by Gasteiger charge is 2.09. The molecule has 2 aromatic heterocycles. The minimum absolute atomic E-state index is 0.263. The van der Waals surface area contributed by atoms with Crippen LogP contribution in [-0.2, 0) is 6.54 Å². The van der Waals surface area contributed by atoms with E-state index in [4.69, 9.17) is 4.42 Å². The number of nitrogens with one attached hydrogen (secondary N) is 1. The quantitative estimate of drug-likeness (QED) is 0.937. The van der Waals surface area contributed by atoms with E-state index in [0.29, 0.717) is 18.5 Å². The Hall–Kier alpha value is -0.880. The average Bonchev–Trinajstić information content (AvgIpc) is 2.83. The molecule has 0 bridgehead atoms. The van der Waals surface area contributed by atoms with Crippen molar-refractivity contribution in [3.05, 3.63) is 26.7 Å². The molecule has 16 heavy (non-hydrogen) atoms. The Morgan fingerprint density at radius 1 is 1.44 bits per heavy atom. The Morgan fingerprint density at radius 3 is 2.81 bits per heavy atom. The van der Waals surface area contributed by atoms with Gasteiger partial charge in [-0.25, -0.2) is 0 Å². The first-order valence-electron chi connectivity index (χ1n) is 4.96. The number of rotatable bonds is 4. The predicted octanol–water partition coefficient (Wildman–Crippen LogP) is 3.63. The molecule has 6 heteroatoms. The monoisotopic (exact) mass is 301 g/mol. The smallest absolute Gasteiger partial charge is 0.315 e. The zero-order valence-corrected chi connectivity index (χ0v) is 11.4. The predicted molar refractivity (Wildman–Crippen MR) is 67.7 cm³/mol. The molecule has 0 aliphatic heterocycles. The molecular formula is C10H12BrN3OS. The number of halogens is 1. The molecule has 0 fully saturated rings. The maximum absolute atomic E-state index is 5.43. The molecule has 0 aromatic carbocycles. The van der Waals surface area contributed by atoms with E-state index in [-0.39, 0.29) is 5.92 Å². The van der Waals surface area contributed by atoms with Crippen molar-refractivity contribution in [1.29, 1.82) is 0 Å². The van der Waals surface area contributed by atoms with Gasteiger partial charge in [0.2, 0.25) is 5.89 Å². The van der Waals surface area contributed by atoms with Crippen LogP contribution in [0.4, 0.5) is 6.01 Å². The van der Waals surface area contributed by atoms with E-state index in [1.54, 1.807) is 11.3 Å². The SMILES string of the molecule is CC(C)c1nnc(NCc2ccc(Br)s2)o1. The first kappa shape index (κ1) is 11.6. The summed E-state index contributed by atoms with van der Waals surface area (Å²) < 4.78 is 6.56. The Balaban J connectivity index is 1.94. The number of anilines is 1. The van der Waals surface area contributed by atoms with Gasteiger partial charge in [-0.2, -0.15) is 0 Å². The number of aromatic nitrogens is 2. The highest BCUT2D eigenvalue weighted by Crippen LogP contribution is 2.23. The van der Waals surface area contributed by atoms with Gasteiger partial charge in [0.15, 0.2) is 0 Å². The molecular weight excluding hydrogens is 290 g/mol. The van der Waals surface area contributed by atoms with Gasteiger partial charge in [0.25, 0.3) is 0 Å². The van der Waals surface area contributed by atoms with Crippen LogP contribution in [0.2, 0.25) is 0 Å². The summed E-state index contributed by atoms with van der Waals surface area (Å²) in [4.78, 5) is 1.22. The third kappa shape index (κ3) is 2.82. The van der Waals surface area contributed by atoms with Crippen molar-refractivity contribution in [2.24, 2.45) is 0 Å². The summed E-state index contributed by atoms with van der Waals surface area (Å²) >= 11 is 5.11. The summed E-state index contributed by atoms with van der Waals surface area (Å²) in [5.41, 5.74) is 0. The van der Waals surface area contributed by atoms with Crippen LogP contribution in [0.1, 0.15) is 30.5 Å². The summed E-state index contributed by atoms with van der Waals surface area (Å²) in [6.45, 7) is 4.75. The second kappa shape index (κ2) is 4.97. The third-order valence-corrected chi connectivity index (χ3v) is 3.60. The van der Waals surface area contributed by atoms with Crippen LogP contribution in [0.3, 0.4) is 0 Å². The molecule has 0 aliphatic carbocycles. The molecule has 0 radical (unpaired) electrons. The fourth-order valence-corrected chi connectivity index (χ4v) is 2.57. The minimum Gasteiger partial charge on any atom is -0.408 e. The zero-order chi connectivity index (χ0) is 11.5. The second-order valence-electron chi connectivity index (χ2n) is 3.66. The molecule has 4 nitrogen and oxygen atoms in total. The van der Waals surface area contributed by atoms with E-state index >= 15 is 0 Å². The van der Waals surface area contributed by atoms with E-state index in [0.717, 1.165) is 3.79 Å². The molecule has 0 spiro atoms. The summed E-state index contributed by atoms with van der Waals surface area (Å²) in [5, 5.41) is 11.0. The topological polar surface area (TPSA) is 51.0 Å². The van der Waals surface area contributed by atoms with E-state index in [9.17, 15) is 0 Å². The summed E-state index contributed by atoms with van der Waals surface area (Å²) in [7, 11) is 0. The molecule has 2 aromatic rings. The Kier molecular flexibility index (Phi) is 3.60. The highest BCUT2D eigenvalue weighted by atomic mass is 79.9. The number of hydrogen-bond donors (Lipinski definition) is 1. The molecule has 2 rings (SSSR count). The lowest BCUT2D eigenvalue weighted by molar-refractivity contribution is 0.480. The van der Waals surface area contributed by atoms with Gasteiger partial charge in [0, 0.05) is 10.8 Å². The summed E-state index contributed by atoms with van der Waals surface area (Å²) in [6.07, 6.45) is 0. The first-order valence-corrected chi connectivity index (χ1v) is 6.57. The van der Waals surface area contributed by atoms with Crippen LogP contribution >= 0.6 is 27.3 Å². The van der Waals surface area contributed by atoms with Crippen LogP contribution in [0, 0.1) is 0 Å². The molecule has 0 unspecified atom stereocenters. The molecule has 86 valence electrons. The van der Waals surface area contributed by atoms with Gasteiger partial charge < -0.3 is 9.73 Å². The van der Waals surface area contributed by atoms with Gasteiger partial charge in [-0.15, -0.1) is 16.4 Å². The van der Waals surface area contributed by atoms with Crippen molar-refractivity contribution < 1.29 is 4.42 Å². The average molecular weight is 302 g/mol. The summed E-state index contributed by atoms with van der Waals surface area (Å²) in [6, 6.07) is 4.56. The maximum Gasteiger partial charge on any atom is 0.315 e. The first-order chi connectivity index (χ1) is 7.65. The van der Waals surface area contributed by atoms with Crippen LogP contribution in [0.25, 0.3) is 0 Å². The summed E-state index contributed by atoms with van der Waals surface area (Å²) in [5.74, 6) is 0.925. The van der Waals surface area contributed by atoms with Gasteiger partial charge in [0.1, 0.15) is 0 Å². The molecule has 0 atom stereocenters. The maximum atomic E-state index is 5.43. The van der Waals surface area contributed by atoms with Gasteiger partial charge in [-0.05, 0) is 28.1 Å². The lowest BCUT2D eigenvalue weighted by atomic mass is 10.2. The fraction of sp³-hybridized carbons (Fsp3) is 0.400. The van der Waals surface area contributed by atoms with E-state index in [1.807, 2.05) is 19.9 Å². The lowest BCUT2D eigenvalue weighted by Gasteiger charge is -1.98. The van der Waals surface area contributed by atoms with Gasteiger partial charge in [0.05, 0.1) is 10.3 Å².